The summed E-state index contributed by atoms with van der Waals surface area (Å²) in [5.74, 6) is -5.71. The number of likely N-dealkylation sites (tertiary alicyclic amines) is 1. The van der Waals surface area contributed by atoms with Gasteiger partial charge in [-0.25, -0.2) is 8.78 Å². The van der Waals surface area contributed by atoms with Crippen LogP contribution in [0.1, 0.15) is 27.9 Å². The molecule has 1 aliphatic heterocycles. The van der Waals surface area contributed by atoms with Gasteiger partial charge in [-0.15, -0.1) is 0 Å². The molecule has 45 heavy (non-hydrogen) atoms. The van der Waals surface area contributed by atoms with Crippen molar-refractivity contribution >= 4 is 34.3 Å². The van der Waals surface area contributed by atoms with E-state index < -0.39 is 54.8 Å². The van der Waals surface area contributed by atoms with Crippen molar-refractivity contribution in [2.45, 2.75) is 43.5 Å². The average molecular weight is 616 g/mol. The molecule has 0 spiro atoms. The molecular formula is C34H35F2N5O4. The quantitative estimate of drug-likeness (QED) is 0.252. The maximum Gasteiger partial charge on any atom is 0.267 e. The van der Waals surface area contributed by atoms with E-state index in [4.69, 9.17) is 0 Å². The lowest BCUT2D eigenvalue weighted by Crippen LogP contribution is -2.55. The van der Waals surface area contributed by atoms with Crippen LogP contribution in [0.25, 0.3) is 10.9 Å². The first kappa shape index (κ1) is 31.5. The number of rotatable bonds is 10. The van der Waals surface area contributed by atoms with E-state index >= 15 is 0 Å². The molecule has 4 aromatic rings. The number of benzene rings is 3. The number of pyridine rings is 1. The number of aliphatic hydroxyl groups excluding tert-OH is 1. The smallest absolute Gasteiger partial charge is 0.267 e. The first-order chi connectivity index (χ1) is 21.5. The molecule has 1 aromatic heterocycles. The Morgan fingerprint density at radius 3 is 2.44 bits per heavy atom. The summed E-state index contributed by atoms with van der Waals surface area (Å²) in [6, 6.07) is 22.0. The molecule has 1 saturated heterocycles. The number of halogens is 2. The van der Waals surface area contributed by atoms with E-state index in [1.165, 1.54) is 0 Å². The van der Waals surface area contributed by atoms with Gasteiger partial charge < -0.3 is 25.5 Å². The van der Waals surface area contributed by atoms with Crippen molar-refractivity contribution in [3.8, 4) is 0 Å². The maximum absolute atomic E-state index is 14.7. The van der Waals surface area contributed by atoms with Gasteiger partial charge in [0, 0.05) is 49.9 Å². The van der Waals surface area contributed by atoms with Gasteiger partial charge in [0.05, 0.1) is 18.1 Å². The highest BCUT2D eigenvalue weighted by atomic mass is 19.3. The summed E-state index contributed by atoms with van der Waals surface area (Å²) < 4.78 is 29.4. The predicted molar refractivity (Wildman–Crippen MR) is 167 cm³/mol. The summed E-state index contributed by atoms with van der Waals surface area (Å²) in [6.07, 6.45) is -1.10. The third-order valence-electron chi connectivity index (χ3n) is 7.89. The van der Waals surface area contributed by atoms with Crippen LogP contribution in [0.4, 0.5) is 14.5 Å². The Morgan fingerprint density at radius 1 is 1.00 bits per heavy atom. The van der Waals surface area contributed by atoms with Crippen molar-refractivity contribution in [2.75, 3.05) is 25.5 Å². The standard InChI is InChI=1S/C34H35F2N5O4/c1-40(2)26-13-10-23(11-14-26)20-38-32(44)29-19-34(35,36)21-41(29)33(45)30(42)28(17-22-7-4-3-5-8-22)39-31(43)25-12-15-27-24(18-25)9-6-16-37-27/h3-16,18,28-30,42H,17,19-21H2,1-2H3,(H,38,44)(H,39,43)/t28-,29-,30-/m0/s1. The molecule has 234 valence electrons. The zero-order chi connectivity index (χ0) is 32.1. The lowest BCUT2D eigenvalue weighted by molar-refractivity contribution is -0.147. The van der Waals surface area contributed by atoms with E-state index in [2.05, 4.69) is 15.6 Å². The van der Waals surface area contributed by atoms with Crippen molar-refractivity contribution in [1.82, 2.24) is 20.5 Å². The minimum Gasteiger partial charge on any atom is -0.381 e. The van der Waals surface area contributed by atoms with Crippen LogP contribution in [0.3, 0.4) is 0 Å². The summed E-state index contributed by atoms with van der Waals surface area (Å²) in [4.78, 5) is 47.0. The summed E-state index contributed by atoms with van der Waals surface area (Å²) in [6.45, 7) is -0.949. The fraction of sp³-hybridized carbons (Fsp3) is 0.294. The Balaban J connectivity index is 1.33. The molecule has 1 fully saturated rings. The molecule has 9 nitrogen and oxygen atoms in total. The van der Waals surface area contributed by atoms with Gasteiger partial charge in [-0.2, -0.15) is 0 Å². The zero-order valence-corrected chi connectivity index (χ0v) is 25.0. The van der Waals surface area contributed by atoms with Crippen LogP contribution in [0.5, 0.6) is 0 Å². The van der Waals surface area contributed by atoms with E-state index in [0.717, 1.165) is 21.5 Å². The molecule has 3 aromatic carbocycles. The van der Waals surface area contributed by atoms with Gasteiger partial charge in [0.1, 0.15) is 6.04 Å². The molecule has 5 rings (SSSR count). The van der Waals surface area contributed by atoms with Gasteiger partial charge in [0.25, 0.3) is 17.7 Å². The SMILES string of the molecule is CN(C)c1ccc(CNC(=O)[C@@H]2CC(F)(F)CN2C(=O)[C@@H](O)[C@H](Cc2ccccc2)NC(=O)c2ccc3ncccc3c2)cc1. The molecule has 0 unspecified atom stereocenters. The Kier molecular flexibility index (Phi) is 9.38. The molecular weight excluding hydrogens is 580 g/mol. The number of amides is 3. The Morgan fingerprint density at radius 2 is 1.73 bits per heavy atom. The molecule has 0 radical (unpaired) electrons. The van der Waals surface area contributed by atoms with Crippen molar-refractivity contribution < 1.29 is 28.3 Å². The van der Waals surface area contributed by atoms with Crippen LogP contribution in [-0.2, 0) is 22.6 Å². The van der Waals surface area contributed by atoms with Crippen LogP contribution < -0.4 is 15.5 Å². The van der Waals surface area contributed by atoms with E-state index in [1.807, 2.05) is 43.3 Å². The number of nitrogens with one attached hydrogen (secondary N) is 2. The van der Waals surface area contributed by atoms with Crippen LogP contribution in [0.2, 0.25) is 0 Å². The third kappa shape index (κ3) is 7.61. The minimum atomic E-state index is -3.33. The lowest BCUT2D eigenvalue weighted by Gasteiger charge is -2.30. The number of hydrogen-bond donors (Lipinski definition) is 3. The monoisotopic (exact) mass is 615 g/mol. The largest absolute Gasteiger partial charge is 0.381 e. The molecule has 2 heterocycles. The Hall–Kier alpha value is -4.90. The second-order valence-corrected chi connectivity index (χ2v) is 11.4. The number of aromatic nitrogens is 1. The molecule has 3 atom stereocenters. The number of anilines is 1. The highest BCUT2D eigenvalue weighted by Gasteiger charge is 2.51. The van der Waals surface area contributed by atoms with E-state index in [9.17, 15) is 28.3 Å². The highest BCUT2D eigenvalue weighted by Crippen LogP contribution is 2.33. The first-order valence-corrected chi connectivity index (χ1v) is 14.6. The van der Waals surface area contributed by atoms with Gasteiger partial charge in [0.15, 0.2) is 6.10 Å². The molecule has 3 N–H and O–H groups in total. The maximum atomic E-state index is 14.7. The fourth-order valence-electron chi connectivity index (χ4n) is 5.42. The van der Waals surface area contributed by atoms with Crippen molar-refractivity contribution in [3.63, 3.8) is 0 Å². The van der Waals surface area contributed by atoms with Crippen molar-refractivity contribution in [3.05, 3.63) is 108 Å². The lowest BCUT2D eigenvalue weighted by atomic mass is 9.99. The third-order valence-corrected chi connectivity index (χ3v) is 7.89. The molecule has 0 bridgehead atoms. The highest BCUT2D eigenvalue weighted by molar-refractivity contribution is 5.98. The van der Waals surface area contributed by atoms with E-state index in [0.29, 0.717) is 11.1 Å². The summed E-state index contributed by atoms with van der Waals surface area (Å²) >= 11 is 0. The molecule has 0 saturated carbocycles. The van der Waals surface area contributed by atoms with E-state index in [1.54, 1.807) is 66.9 Å². The second-order valence-electron chi connectivity index (χ2n) is 11.4. The number of fused-ring (bicyclic) bond motifs is 1. The van der Waals surface area contributed by atoms with E-state index in [-0.39, 0.29) is 18.5 Å². The Labute approximate surface area is 259 Å². The van der Waals surface area contributed by atoms with Crippen LogP contribution in [-0.4, -0.2) is 77.5 Å². The van der Waals surface area contributed by atoms with Gasteiger partial charge >= 0.3 is 0 Å². The number of aliphatic hydroxyl groups is 1. The summed E-state index contributed by atoms with van der Waals surface area (Å²) in [7, 11) is 3.79. The number of carbonyl (C=O) groups excluding carboxylic acids is 3. The summed E-state index contributed by atoms with van der Waals surface area (Å²) in [5, 5.41) is 17.4. The second kappa shape index (κ2) is 13.4. The van der Waals surface area contributed by atoms with Crippen molar-refractivity contribution in [1.29, 1.82) is 0 Å². The van der Waals surface area contributed by atoms with Gasteiger partial charge in [0.2, 0.25) is 5.91 Å². The topological polar surface area (TPSA) is 115 Å². The van der Waals surface area contributed by atoms with Crippen molar-refractivity contribution in [2.24, 2.45) is 0 Å². The fourth-order valence-corrected chi connectivity index (χ4v) is 5.42. The molecule has 3 amide bonds. The normalized spacial score (nSPS) is 17.0. The average Bonchev–Trinajstić information content (AvgIpc) is 3.38. The number of hydrogen-bond acceptors (Lipinski definition) is 6. The number of nitrogens with zero attached hydrogens (tertiary/aromatic N) is 3. The van der Waals surface area contributed by atoms with Crippen LogP contribution in [0, 0.1) is 0 Å². The Bertz CT molecular complexity index is 1670. The van der Waals surface area contributed by atoms with Crippen LogP contribution in [0.15, 0.2) is 91.1 Å². The number of carbonyl (C=O) groups is 3. The summed E-state index contributed by atoms with van der Waals surface area (Å²) in [5.41, 5.74) is 3.39. The zero-order valence-electron chi connectivity index (χ0n) is 25.0. The molecule has 1 aliphatic rings. The van der Waals surface area contributed by atoms with Crippen LogP contribution >= 0.6 is 0 Å². The number of alkyl halides is 2. The molecule has 11 heteroatoms. The van der Waals surface area contributed by atoms with Gasteiger partial charge in [-0.1, -0.05) is 48.5 Å². The van der Waals surface area contributed by atoms with Gasteiger partial charge in [-0.05, 0) is 53.9 Å². The first-order valence-electron chi connectivity index (χ1n) is 14.6. The predicted octanol–water partition coefficient (Wildman–Crippen LogP) is 3.56. The van der Waals surface area contributed by atoms with Gasteiger partial charge in [-0.3, -0.25) is 19.4 Å². The molecule has 0 aliphatic carbocycles. The minimum absolute atomic E-state index is 0.0403.